The van der Waals surface area contributed by atoms with E-state index in [-0.39, 0.29) is 5.92 Å². The molecule has 3 N–H and O–H groups in total. The summed E-state index contributed by atoms with van der Waals surface area (Å²) >= 11 is 0. The van der Waals surface area contributed by atoms with Crippen LogP contribution in [0.3, 0.4) is 0 Å². The standard InChI is InChI=1S/C23H33NO2/c1-16(2)14-22(25)23(26)18(4)9-7-8-17(3)12-13-19-15-24-21-11-6-5-10-20(19)21/h5-6,10-12,14-15,18,22-26H,7-9,13H2,1-4H3/b17-12+/t18?,22-,23+/m0/s1. The van der Waals surface area contributed by atoms with Gasteiger partial charge >= 0.3 is 0 Å². The molecule has 0 aliphatic carbocycles. The molecule has 1 heterocycles. The number of benzene rings is 1. The van der Waals surface area contributed by atoms with Crippen molar-refractivity contribution in [2.24, 2.45) is 5.92 Å². The molecule has 0 saturated carbocycles. The normalized spacial score (nSPS) is 15.7. The fourth-order valence-corrected chi connectivity index (χ4v) is 3.34. The predicted molar refractivity (Wildman–Crippen MR) is 110 cm³/mol. The molecule has 0 aliphatic heterocycles. The van der Waals surface area contributed by atoms with Gasteiger partial charge in [-0.2, -0.15) is 0 Å². The van der Waals surface area contributed by atoms with Gasteiger partial charge in [-0.25, -0.2) is 0 Å². The van der Waals surface area contributed by atoms with Gasteiger partial charge in [0.15, 0.2) is 0 Å². The number of fused-ring (bicyclic) bond motifs is 1. The minimum Gasteiger partial charge on any atom is -0.390 e. The molecule has 1 unspecified atom stereocenters. The smallest absolute Gasteiger partial charge is 0.0984 e. The molecule has 1 aromatic carbocycles. The van der Waals surface area contributed by atoms with Gasteiger partial charge in [0.05, 0.1) is 12.2 Å². The van der Waals surface area contributed by atoms with Crippen molar-refractivity contribution in [1.29, 1.82) is 0 Å². The summed E-state index contributed by atoms with van der Waals surface area (Å²) in [5.41, 5.74) is 4.92. The molecule has 26 heavy (non-hydrogen) atoms. The van der Waals surface area contributed by atoms with Gasteiger partial charge < -0.3 is 15.2 Å². The van der Waals surface area contributed by atoms with Crippen LogP contribution in [-0.2, 0) is 6.42 Å². The molecule has 0 radical (unpaired) electrons. The lowest BCUT2D eigenvalue weighted by molar-refractivity contribution is 0.00978. The lowest BCUT2D eigenvalue weighted by atomic mass is 9.92. The summed E-state index contributed by atoms with van der Waals surface area (Å²) in [5.74, 6) is 0.0852. The zero-order valence-corrected chi connectivity index (χ0v) is 16.5. The van der Waals surface area contributed by atoms with E-state index in [2.05, 4.69) is 42.4 Å². The predicted octanol–water partition coefficient (Wildman–Crippen LogP) is 5.15. The molecule has 2 rings (SSSR count). The molecule has 142 valence electrons. The fraction of sp³-hybridized carbons (Fsp3) is 0.478. The second-order valence-corrected chi connectivity index (χ2v) is 7.71. The summed E-state index contributed by atoms with van der Waals surface area (Å²) in [4.78, 5) is 3.32. The number of para-hydroxylation sites is 1. The van der Waals surface area contributed by atoms with Crippen LogP contribution in [0.15, 0.2) is 53.8 Å². The van der Waals surface area contributed by atoms with E-state index in [0.717, 1.165) is 31.3 Å². The number of allylic oxidation sites excluding steroid dienone is 3. The number of hydrogen-bond donors (Lipinski definition) is 3. The first-order chi connectivity index (χ1) is 12.4. The molecule has 1 aromatic heterocycles. The van der Waals surface area contributed by atoms with Crippen molar-refractivity contribution in [3.63, 3.8) is 0 Å². The van der Waals surface area contributed by atoms with E-state index in [4.69, 9.17) is 0 Å². The van der Waals surface area contributed by atoms with Crippen molar-refractivity contribution in [3.05, 3.63) is 59.3 Å². The Kier molecular flexibility index (Phi) is 7.67. The quantitative estimate of drug-likeness (QED) is 0.545. The van der Waals surface area contributed by atoms with Gasteiger partial charge in [-0.05, 0) is 64.0 Å². The van der Waals surface area contributed by atoms with Crippen LogP contribution < -0.4 is 0 Å². The summed E-state index contributed by atoms with van der Waals surface area (Å²) in [5, 5.41) is 21.5. The van der Waals surface area contributed by atoms with Crippen molar-refractivity contribution < 1.29 is 10.2 Å². The van der Waals surface area contributed by atoms with E-state index in [9.17, 15) is 10.2 Å². The van der Waals surface area contributed by atoms with E-state index in [0.29, 0.717) is 0 Å². The Labute approximate surface area is 157 Å². The zero-order valence-electron chi connectivity index (χ0n) is 16.5. The van der Waals surface area contributed by atoms with E-state index >= 15 is 0 Å². The van der Waals surface area contributed by atoms with Crippen LogP contribution in [0.4, 0.5) is 0 Å². The molecule has 3 atom stereocenters. The number of aliphatic hydroxyl groups is 2. The lowest BCUT2D eigenvalue weighted by Crippen LogP contribution is -2.30. The Morgan fingerprint density at radius 3 is 2.62 bits per heavy atom. The van der Waals surface area contributed by atoms with E-state index in [1.54, 1.807) is 6.08 Å². The Hall–Kier alpha value is -1.84. The van der Waals surface area contributed by atoms with Crippen LogP contribution >= 0.6 is 0 Å². The molecule has 2 aromatic rings. The van der Waals surface area contributed by atoms with Gasteiger partial charge in [0.1, 0.15) is 0 Å². The highest BCUT2D eigenvalue weighted by atomic mass is 16.3. The number of aromatic amines is 1. The van der Waals surface area contributed by atoms with E-state index in [1.807, 2.05) is 26.8 Å². The number of rotatable bonds is 9. The molecule has 0 bridgehead atoms. The number of aliphatic hydroxyl groups excluding tert-OH is 2. The van der Waals surface area contributed by atoms with Crippen LogP contribution in [0, 0.1) is 5.92 Å². The lowest BCUT2D eigenvalue weighted by Gasteiger charge is -2.22. The highest BCUT2D eigenvalue weighted by molar-refractivity contribution is 5.83. The van der Waals surface area contributed by atoms with Crippen LogP contribution in [-0.4, -0.2) is 27.4 Å². The average Bonchev–Trinajstić information content (AvgIpc) is 3.01. The van der Waals surface area contributed by atoms with Crippen molar-refractivity contribution in [2.45, 2.75) is 65.6 Å². The van der Waals surface area contributed by atoms with Gasteiger partial charge in [0, 0.05) is 17.1 Å². The maximum Gasteiger partial charge on any atom is 0.0984 e. The Morgan fingerprint density at radius 1 is 1.15 bits per heavy atom. The van der Waals surface area contributed by atoms with Crippen LogP contribution in [0.2, 0.25) is 0 Å². The minimum atomic E-state index is -0.770. The third-order valence-electron chi connectivity index (χ3n) is 5.01. The first-order valence-electron chi connectivity index (χ1n) is 9.60. The highest BCUT2D eigenvalue weighted by Gasteiger charge is 2.20. The van der Waals surface area contributed by atoms with Gasteiger partial charge in [-0.15, -0.1) is 0 Å². The van der Waals surface area contributed by atoms with Gasteiger partial charge in [-0.3, -0.25) is 0 Å². The third kappa shape index (κ3) is 5.86. The molecule has 3 nitrogen and oxygen atoms in total. The molecule has 3 heteroatoms. The van der Waals surface area contributed by atoms with Crippen LogP contribution in [0.5, 0.6) is 0 Å². The van der Waals surface area contributed by atoms with Crippen molar-refractivity contribution in [3.8, 4) is 0 Å². The Morgan fingerprint density at radius 2 is 1.88 bits per heavy atom. The number of H-pyrrole nitrogens is 1. The molecule has 0 spiro atoms. The van der Waals surface area contributed by atoms with E-state index < -0.39 is 12.2 Å². The largest absolute Gasteiger partial charge is 0.390 e. The summed E-state index contributed by atoms with van der Waals surface area (Å²) in [7, 11) is 0. The van der Waals surface area contributed by atoms with Gasteiger partial charge in [-0.1, -0.05) is 48.4 Å². The monoisotopic (exact) mass is 355 g/mol. The molecule has 0 saturated heterocycles. The maximum atomic E-state index is 10.2. The zero-order chi connectivity index (χ0) is 19.1. The second kappa shape index (κ2) is 9.75. The van der Waals surface area contributed by atoms with Crippen LogP contribution in [0.25, 0.3) is 10.9 Å². The van der Waals surface area contributed by atoms with Crippen molar-refractivity contribution in [1.82, 2.24) is 4.98 Å². The maximum absolute atomic E-state index is 10.2. The van der Waals surface area contributed by atoms with E-state index in [1.165, 1.54) is 22.0 Å². The fourth-order valence-electron chi connectivity index (χ4n) is 3.34. The summed E-state index contributed by atoms with van der Waals surface area (Å²) in [6.07, 6.45) is 8.56. The first kappa shape index (κ1) is 20.5. The summed E-state index contributed by atoms with van der Waals surface area (Å²) in [6, 6.07) is 8.39. The van der Waals surface area contributed by atoms with Crippen molar-refractivity contribution in [2.75, 3.05) is 0 Å². The highest BCUT2D eigenvalue weighted by Crippen LogP contribution is 2.21. The molecule has 0 amide bonds. The number of hydrogen-bond acceptors (Lipinski definition) is 2. The Bertz CT molecular complexity index is 752. The SMILES string of the molecule is CC(C)=C[C@H](O)[C@H](O)C(C)CCC/C(C)=C/Cc1c[nH]c2ccccc12. The topological polar surface area (TPSA) is 56.2 Å². The number of aromatic nitrogens is 1. The number of nitrogens with one attached hydrogen (secondary N) is 1. The molecular formula is C23H33NO2. The van der Waals surface area contributed by atoms with Gasteiger partial charge in [0.2, 0.25) is 0 Å². The molecule has 0 aliphatic rings. The third-order valence-corrected chi connectivity index (χ3v) is 5.01. The van der Waals surface area contributed by atoms with Crippen molar-refractivity contribution >= 4 is 10.9 Å². The average molecular weight is 356 g/mol. The van der Waals surface area contributed by atoms with Crippen LogP contribution in [0.1, 0.15) is 52.5 Å². The second-order valence-electron chi connectivity index (χ2n) is 7.71. The summed E-state index contributed by atoms with van der Waals surface area (Å²) < 4.78 is 0. The molecular weight excluding hydrogens is 322 g/mol. The minimum absolute atomic E-state index is 0.0852. The Balaban J connectivity index is 1.80. The molecule has 0 fully saturated rings. The van der Waals surface area contributed by atoms with Gasteiger partial charge in [0.25, 0.3) is 0 Å². The summed E-state index contributed by atoms with van der Waals surface area (Å²) in [6.45, 7) is 8.05. The first-order valence-corrected chi connectivity index (χ1v) is 9.60.